The highest BCUT2D eigenvalue weighted by Gasteiger charge is 2.60. The quantitative estimate of drug-likeness (QED) is 0.479. The number of rotatable bonds is 5. The van der Waals surface area contributed by atoms with E-state index in [0.29, 0.717) is 12.1 Å². The van der Waals surface area contributed by atoms with Gasteiger partial charge in [0.15, 0.2) is 0 Å². The van der Waals surface area contributed by atoms with Crippen molar-refractivity contribution in [3.05, 3.63) is 105 Å². The third-order valence-corrected chi connectivity index (χ3v) is 5.59. The zero-order valence-electron chi connectivity index (χ0n) is 14.8. The maximum atomic E-state index is 13.0. The summed E-state index contributed by atoms with van der Waals surface area (Å²) in [5, 5.41) is 13.9. The van der Waals surface area contributed by atoms with E-state index in [1.165, 1.54) is 12.1 Å². The molecule has 1 amide bonds. The number of nitrogens with zero attached hydrogens (tertiary/aromatic N) is 1. The molecule has 0 unspecified atom stereocenters. The van der Waals surface area contributed by atoms with Gasteiger partial charge in [-0.05, 0) is 29.7 Å². The zero-order chi connectivity index (χ0) is 19.7. The molecule has 0 aromatic heterocycles. The lowest BCUT2D eigenvalue weighted by Gasteiger charge is -2.19. The third-order valence-electron chi connectivity index (χ3n) is 5.27. The maximum absolute atomic E-state index is 13.0. The Balaban J connectivity index is 1.64. The summed E-state index contributed by atoms with van der Waals surface area (Å²) in [6.07, 6.45) is 0.683. The molecule has 1 atom stereocenters. The Bertz CT molecular complexity index is 999. The van der Waals surface area contributed by atoms with Crippen LogP contribution in [0.15, 0.2) is 78.9 Å². The van der Waals surface area contributed by atoms with Crippen LogP contribution in [0.25, 0.3) is 0 Å². The van der Waals surface area contributed by atoms with E-state index in [-0.39, 0.29) is 28.0 Å². The van der Waals surface area contributed by atoms with Gasteiger partial charge < -0.3 is 5.32 Å². The van der Waals surface area contributed by atoms with E-state index in [4.69, 9.17) is 11.6 Å². The number of nitro groups is 1. The van der Waals surface area contributed by atoms with Crippen molar-refractivity contribution in [1.29, 1.82) is 0 Å². The van der Waals surface area contributed by atoms with Gasteiger partial charge >= 0.3 is 0 Å². The summed E-state index contributed by atoms with van der Waals surface area (Å²) < 4.78 is 0. The number of nitro benzene ring substituents is 1. The lowest BCUT2D eigenvalue weighted by molar-refractivity contribution is -0.384. The van der Waals surface area contributed by atoms with Crippen molar-refractivity contribution in [3.63, 3.8) is 0 Å². The summed E-state index contributed by atoms with van der Waals surface area (Å²) in [5.41, 5.74) is 1.92. The Hall–Kier alpha value is -3.18. The largest absolute Gasteiger partial charge is 0.326 e. The molecule has 0 heterocycles. The van der Waals surface area contributed by atoms with Crippen LogP contribution in [0.5, 0.6) is 0 Å². The number of carbonyl (C=O) groups is 1. The highest BCUT2D eigenvalue weighted by atomic mass is 35.5. The van der Waals surface area contributed by atoms with Crippen molar-refractivity contribution in [2.24, 2.45) is 5.92 Å². The first-order chi connectivity index (χ1) is 13.5. The number of halogens is 1. The van der Waals surface area contributed by atoms with Crippen LogP contribution >= 0.6 is 11.6 Å². The normalized spacial score (nSPS) is 17.0. The summed E-state index contributed by atoms with van der Waals surface area (Å²) in [6, 6.07) is 24.2. The minimum Gasteiger partial charge on any atom is -0.326 e. The second kappa shape index (κ2) is 7.09. The monoisotopic (exact) mass is 392 g/mol. The Morgan fingerprint density at radius 3 is 2.11 bits per heavy atom. The molecule has 1 saturated carbocycles. The molecule has 0 spiro atoms. The van der Waals surface area contributed by atoms with Gasteiger partial charge in [0.05, 0.1) is 10.8 Å². The molecule has 3 aromatic carbocycles. The number of carbonyl (C=O) groups excluding carboxylic acids is 1. The van der Waals surface area contributed by atoms with Gasteiger partial charge in [-0.3, -0.25) is 14.9 Å². The molecule has 1 aliphatic rings. The zero-order valence-corrected chi connectivity index (χ0v) is 15.6. The second-order valence-electron chi connectivity index (χ2n) is 6.87. The molecule has 1 N–H and O–H groups in total. The van der Waals surface area contributed by atoms with Crippen LogP contribution < -0.4 is 5.32 Å². The van der Waals surface area contributed by atoms with E-state index in [1.807, 2.05) is 60.7 Å². The average Bonchev–Trinajstić information content (AvgIpc) is 3.48. The molecule has 1 aliphatic carbocycles. The molecule has 6 heteroatoms. The molecule has 28 heavy (non-hydrogen) atoms. The van der Waals surface area contributed by atoms with Crippen molar-refractivity contribution in [3.8, 4) is 0 Å². The van der Waals surface area contributed by atoms with Crippen LogP contribution in [-0.4, -0.2) is 10.8 Å². The van der Waals surface area contributed by atoms with Crippen LogP contribution in [0.4, 0.5) is 11.4 Å². The summed E-state index contributed by atoms with van der Waals surface area (Å²) >= 11 is 5.85. The van der Waals surface area contributed by atoms with Gasteiger partial charge in [0, 0.05) is 17.2 Å². The van der Waals surface area contributed by atoms with Gasteiger partial charge in [0.1, 0.15) is 5.02 Å². The van der Waals surface area contributed by atoms with Crippen molar-refractivity contribution in [2.75, 3.05) is 5.32 Å². The topological polar surface area (TPSA) is 72.2 Å². The first kappa shape index (κ1) is 18.2. The Morgan fingerprint density at radius 1 is 1.00 bits per heavy atom. The van der Waals surface area contributed by atoms with Crippen LogP contribution in [-0.2, 0) is 10.2 Å². The lowest BCUT2D eigenvalue weighted by atomic mass is 9.85. The van der Waals surface area contributed by atoms with Gasteiger partial charge in [-0.15, -0.1) is 0 Å². The first-order valence-electron chi connectivity index (χ1n) is 8.88. The molecule has 1 fully saturated rings. The van der Waals surface area contributed by atoms with Gasteiger partial charge in [0.2, 0.25) is 5.91 Å². The molecule has 140 valence electrons. The van der Waals surface area contributed by atoms with E-state index in [2.05, 4.69) is 5.32 Å². The molecule has 0 bridgehead atoms. The van der Waals surface area contributed by atoms with Crippen LogP contribution in [0.2, 0.25) is 5.02 Å². The highest BCUT2D eigenvalue weighted by molar-refractivity contribution is 6.32. The third kappa shape index (κ3) is 3.14. The predicted octanol–water partition coefficient (Wildman–Crippen LogP) is 5.19. The second-order valence-corrected chi connectivity index (χ2v) is 7.28. The molecule has 5 nitrogen and oxygen atoms in total. The van der Waals surface area contributed by atoms with Gasteiger partial charge in [-0.25, -0.2) is 0 Å². The van der Waals surface area contributed by atoms with E-state index >= 15 is 0 Å². The Kier molecular flexibility index (Phi) is 4.61. The minimum absolute atomic E-state index is 0.0392. The lowest BCUT2D eigenvalue weighted by Crippen LogP contribution is -2.22. The Labute approximate surface area is 167 Å². The van der Waals surface area contributed by atoms with Gasteiger partial charge in [-0.1, -0.05) is 72.3 Å². The molecular weight excluding hydrogens is 376 g/mol. The maximum Gasteiger partial charge on any atom is 0.289 e. The molecule has 3 aromatic rings. The summed E-state index contributed by atoms with van der Waals surface area (Å²) in [7, 11) is 0. The van der Waals surface area contributed by atoms with E-state index in [0.717, 1.165) is 11.1 Å². The minimum atomic E-state index is -0.562. The van der Waals surface area contributed by atoms with Crippen molar-refractivity contribution in [1.82, 2.24) is 0 Å². The van der Waals surface area contributed by atoms with Crippen molar-refractivity contribution in [2.45, 2.75) is 11.8 Å². The summed E-state index contributed by atoms with van der Waals surface area (Å²) in [5.74, 6) is -0.420. The standard InChI is InChI=1S/C22H17ClN2O3/c23-19-12-11-17(13-20(19)25(27)28)24-21(26)18-14-22(18,15-7-3-1-4-8-15)16-9-5-2-6-10-16/h1-13,18H,14H2,(H,24,26)/t18-/m0/s1. The smallest absolute Gasteiger partial charge is 0.289 e. The number of hydrogen-bond acceptors (Lipinski definition) is 3. The fourth-order valence-electron chi connectivity index (χ4n) is 3.82. The molecule has 0 radical (unpaired) electrons. The fourth-order valence-corrected chi connectivity index (χ4v) is 4.00. The fraction of sp³-hybridized carbons (Fsp3) is 0.136. The molecule has 0 aliphatic heterocycles. The first-order valence-corrected chi connectivity index (χ1v) is 9.26. The summed E-state index contributed by atoms with van der Waals surface area (Å²) in [6.45, 7) is 0. The van der Waals surface area contributed by atoms with Crippen molar-refractivity contribution >= 4 is 28.9 Å². The number of anilines is 1. The van der Waals surface area contributed by atoms with E-state index < -0.39 is 4.92 Å². The van der Waals surface area contributed by atoms with E-state index in [9.17, 15) is 14.9 Å². The molecule has 0 saturated heterocycles. The number of amides is 1. The molecule has 4 rings (SSSR count). The highest BCUT2D eigenvalue weighted by Crippen LogP contribution is 2.59. The van der Waals surface area contributed by atoms with Crippen LogP contribution in [0.1, 0.15) is 17.5 Å². The molecular formula is C22H17ClN2O3. The van der Waals surface area contributed by atoms with Gasteiger partial charge in [-0.2, -0.15) is 0 Å². The predicted molar refractivity (Wildman–Crippen MR) is 109 cm³/mol. The SMILES string of the molecule is O=C(Nc1ccc(Cl)c([N+](=O)[O-])c1)[C@@H]1CC1(c1ccccc1)c1ccccc1. The van der Waals surface area contributed by atoms with Gasteiger partial charge in [0.25, 0.3) is 5.69 Å². The van der Waals surface area contributed by atoms with Crippen LogP contribution in [0.3, 0.4) is 0 Å². The number of benzene rings is 3. The number of nitrogens with one attached hydrogen (secondary N) is 1. The van der Waals surface area contributed by atoms with Crippen molar-refractivity contribution < 1.29 is 9.72 Å². The average molecular weight is 393 g/mol. The Morgan fingerprint density at radius 2 is 1.57 bits per heavy atom. The van der Waals surface area contributed by atoms with Crippen LogP contribution in [0, 0.1) is 16.0 Å². The number of hydrogen-bond donors (Lipinski definition) is 1. The summed E-state index contributed by atoms with van der Waals surface area (Å²) in [4.78, 5) is 23.5. The van der Waals surface area contributed by atoms with E-state index in [1.54, 1.807) is 6.07 Å².